The summed E-state index contributed by atoms with van der Waals surface area (Å²) in [6.45, 7) is 15.5. The van der Waals surface area contributed by atoms with E-state index in [4.69, 9.17) is 0 Å². The largest absolute Gasteiger partial charge is 0.310 e. The van der Waals surface area contributed by atoms with Gasteiger partial charge in [0, 0.05) is 12.6 Å². The minimum absolute atomic E-state index is 0.560. The lowest BCUT2D eigenvalue weighted by molar-refractivity contribution is 0.587. The van der Waals surface area contributed by atoms with Gasteiger partial charge < -0.3 is 5.32 Å². The molecule has 0 aliphatic carbocycles. The summed E-state index contributed by atoms with van der Waals surface area (Å²) >= 11 is 0. The van der Waals surface area contributed by atoms with E-state index in [0.717, 1.165) is 6.54 Å². The Hall–Kier alpha value is -0.820. The average Bonchev–Trinajstić information content (AvgIpc) is 2.33. The maximum absolute atomic E-state index is 3.40. The molecule has 0 bridgehead atoms. The van der Waals surface area contributed by atoms with Gasteiger partial charge in [-0.25, -0.2) is 0 Å². The van der Waals surface area contributed by atoms with Gasteiger partial charge in [-0.3, -0.25) is 0 Å². The number of aryl methyl sites for hydroxylation is 1. The van der Waals surface area contributed by atoms with Crippen molar-refractivity contribution in [2.45, 2.75) is 61.1 Å². The van der Waals surface area contributed by atoms with Crippen LogP contribution in [0.5, 0.6) is 0 Å². The Morgan fingerprint density at radius 2 is 1.50 bits per heavy atom. The molecule has 0 saturated heterocycles. The van der Waals surface area contributed by atoms with Crippen molar-refractivity contribution in [1.29, 1.82) is 0 Å². The highest BCUT2D eigenvalue weighted by Crippen LogP contribution is 2.06. The van der Waals surface area contributed by atoms with Gasteiger partial charge in [0.2, 0.25) is 0 Å². The Balaban J connectivity index is 0. The first-order valence-electron chi connectivity index (χ1n) is 6.48. The second-order valence-corrected chi connectivity index (χ2v) is 3.46. The van der Waals surface area contributed by atoms with Crippen LogP contribution in [-0.4, -0.2) is 6.04 Å². The summed E-state index contributed by atoms with van der Waals surface area (Å²) < 4.78 is 0. The van der Waals surface area contributed by atoms with Gasteiger partial charge in [-0.15, -0.1) is 0 Å². The van der Waals surface area contributed by atoms with E-state index in [-0.39, 0.29) is 0 Å². The number of nitrogens with one attached hydrogen (secondary N) is 1. The molecule has 0 radical (unpaired) electrons. The first-order chi connectivity index (χ1) is 7.70. The zero-order valence-corrected chi connectivity index (χ0v) is 12.1. The smallest absolute Gasteiger partial charge is 0.0210 e. The Labute approximate surface area is 102 Å². The standard InChI is InChI=1S/C11H17N.2C2H6/c1-9(2)12-8-11-7-5-4-6-10(11)3;2*1-2/h4-7,9,12H,8H2,1-3H3;2*1-2H3. The third-order valence-corrected chi connectivity index (χ3v) is 1.96. The number of hydrogen-bond donors (Lipinski definition) is 1. The topological polar surface area (TPSA) is 12.0 Å². The molecule has 16 heavy (non-hydrogen) atoms. The zero-order valence-electron chi connectivity index (χ0n) is 12.1. The minimum atomic E-state index is 0.560. The molecule has 0 aromatic heterocycles. The second kappa shape index (κ2) is 12.3. The lowest BCUT2D eigenvalue weighted by atomic mass is 10.1. The molecule has 1 nitrogen and oxygen atoms in total. The normalized spacial score (nSPS) is 8.75. The van der Waals surface area contributed by atoms with Crippen LogP contribution in [0.1, 0.15) is 52.7 Å². The van der Waals surface area contributed by atoms with E-state index in [1.54, 1.807) is 0 Å². The molecule has 1 N–H and O–H groups in total. The molecule has 1 rings (SSSR count). The molecule has 0 atom stereocenters. The summed E-state index contributed by atoms with van der Waals surface area (Å²) in [7, 11) is 0. The number of benzene rings is 1. The molecule has 0 unspecified atom stereocenters. The van der Waals surface area contributed by atoms with E-state index in [1.165, 1.54) is 11.1 Å². The van der Waals surface area contributed by atoms with Crippen molar-refractivity contribution >= 4 is 0 Å². The first-order valence-corrected chi connectivity index (χ1v) is 6.48. The van der Waals surface area contributed by atoms with Crippen molar-refractivity contribution in [2.75, 3.05) is 0 Å². The van der Waals surface area contributed by atoms with Crippen molar-refractivity contribution in [3.63, 3.8) is 0 Å². The van der Waals surface area contributed by atoms with Crippen LogP contribution in [0.4, 0.5) is 0 Å². The molecule has 0 aliphatic heterocycles. The quantitative estimate of drug-likeness (QED) is 0.793. The molecule has 94 valence electrons. The van der Waals surface area contributed by atoms with Gasteiger partial charge in [-0.2, -0.15) is 0 Å². The SMILES string of the molecule is CC.CC.Cc1ccccc1CNC(C)C. The summed E-state index contributed by atoms with van der Waals surface area (Å²) in [5.41, 5.74) is 2.76. The molecule has 0 fully saturated rings. The van der Waals surface area contributed by atoms with Crippen LogP contribution >= 0.6 is 0 Å². The molecule has 1 aromatic carbocycles. The zero-order chi connectivity index (χ0) is 13.0. The molecule has 0 heterocycles. The highest BCUT2D eigenvalue weighted by Gasteiger charge is 1.96. The van der Waals surface area contributed by atoms with Gasteiger partial charge in [-0.05, 0) is 18.1 Å². The van der Waals surface area contributed by atoms with Crippen LogP contribution in [-0.2, 0) is 6.54 Å². The van der Waals surface area contributed by atoms with Gasteiger partial charge in [0.25, 0.3) is 0 Å². The van der Waals surface area contributed by atoms with Crippen molar-refractivity contribution in [1.82, 2.24) is 5.32 Å². The third-order valence-electron chi connectivity index (χ3n) is 1.96. The molecule has 1 heteroatoms. The summed E-state index contributed by atoms with van der Waals surface area (Å²) in [6, 6.07) is 9.05. The van der Waals surface area contributed by atoms with Crippen LogP contribution in [0.3, 0.4) is 0 Å². The maximum Gasteiger partial charge on any atom is 0.0210 e. The highest BCUT2D eigenvalue weighted by molar-refractivity contribution is 5.25. The van der Waals surface area contributed by atoms with Crippen molar-refractivity contribution in [2.24, 2.45) is 0 Å². The molecule has 0 saturated carbocycles. The van der Waals surface area contributed by atoms with E-state index in [9.17, 15) is 0 Å². The fourth-order valence-corrected chi connectivity index (χ4v) is 1.12. The molecule has 0 spiro atoms. The average molecular weight is 223 g/mol. The molecule has 0 amide bonds. The van der Waals surface area contributed by atoms with E-state index in [0.29, 0.717) is 6.04 Å². The predicted molar refractivity (Wildman–Crippen MR) is 75.9 cm³/mol. The Morgan fingerprint density at radius 1 is 1.00 bits per heavy atom. The lowest BCUT2D eigenvalue weighted by Crippen LogP contribution is -2.22. The first kappa shape index (κ1) is 17.6. The number of hydrogen-bond acceptors (Lipinski definition) is 1. The number of rotatable bonds is 3. The predicted octanol–water partition coefficient (Wildman–Crippen LogP) is 4.55. The Kier molecular flexibility index (Phi) is 13.5. The molecule has 1 aromatic rings. The van der Waals surface area contributed by atoms with Gasteiger partial charge in [-0.1, -0.05) is 65.8 Å². The van der Waals surface area contributed by atoms with Crippen LogP contribution < -0.4 is 5.32 Å². The van der Waals surface area contributed by atoms with Crippen LogP contribution in [0, 0.1) is 6.92 Å². The van der Waals surface area contributed by atoms with E-state index in [2.05, 4.69) is 50.4 Å². The summed E-state index contributed by atoms with van der Waals surface area (Å²) in [4.78, 5) is 0. The van der Waals surface area contributed by atoms with Gasteiger partial charge in [0.05, 0.1) is 0 Å². The van der Waals surface area contributed by atoms with Crippen molar-refractivity contribution in [3.8, 4) is 0 Å². The minimum Gasteiger partial charge on any atom is -0.310 e. The van der Waals surface area contributed by atoms with Crippen LogP contribution in [0.15, 0.2) is 24.3 Å². The summed E-state index contributed by atoms with van der Waals surface area (Å²) in [6.07, 6.45) is 0. The van der Waals surface area contributed by atoms with Gasteiger partial charge >= 0.3 is 0 Å². The lowest BCUT2D eigenvalue weighted by Gasteiger charge is -2.09. The summed E-state index contributed by atoms with van der Waals surface area (Å²) in [5, 5.41) is 3.40. The maximum atomic E-state index is 3.40. The van der Waals surface area contributed by atoms with Crippen LogP contribution in [0.25, 0.3) is 0 Å². The van der Waals surface area contributed by atoms with Crippen molar-refractivity contribution < 1.29 is 0 Å². The Morgan fingerprint density at radius 3 is 1.94 bits per heavy atom. The highest BCUT2D eigenvalue weighted by atomic mass is 14.9. The second-order valence-electron chi connectivity index (χ2n) is 3.46. The monoisotopic (exact) mass is 223 g/mol. The molecular weight excluding hydrogens is 194 g/mol. The molecule has 0 aliphatic rings. The Bertz CT molecular complexity index is 241. The van der Waals surface area contributed by atoms with Gasteiger partial charge in [0.1, 0.15) is 0 Å². The van der Waals surface area contributed by atoms with E-state index in [1.807, 2.05) is 27.7 Å². The fraction of sp³-hybridized carbons (Fsp3) is 0.600. The molecular formula is C15H29N. The fourth-order valence-electron chi connectivity index (χ4n) is 1.12. The summed E-state index contributed by atoms with van der Waals surface area (Å²) in [5.74, 6) is 0. The van der Waals surface area contributed by atoms with Crippen LogP contribution in [0.2, 0.25) is 0 Å². The van der Waals surface area contributed by atoms with Crippen molar-refractivity contribution in [3.05, 3.63) is 35.4 Å². The van der Waals surface area contributed by atoms with E-state index >= 15 is 0 Å². The van der Waals surface area contributed by atoms with Gasteiger partial charge in [0.15, 0.2) is 0 Å². The third kappa shape index (κ3) is 8.49. The van der Waals surface area contributed by atoms with E-state index < -0.39 is 0 Å².